The number of rotatable bonds is 5. The van der Waals surface area contributed by atoms with Crippen LogP contribution in [0.4, 0.5) is 0 Å². The lowest BCUT2D eigenvalue weighted by Crippen LogP contribution is -2.14. The lowest BCUT2D eigenvalue weighted by molar-refractivity contribution is 0.218. The van der Waals surface area contributed by atoms with Crippen molar-refractivity contribution in [3.63, 3.8) is 0 Å². The molecule has 1 aromatic rings. The minimum Gasteiger partial charge on any atom is -0.409 e. The van der Waals surface area contributed by atoms with Crippen LogP contribution in [0.3, 0.4) is 0 Å². The third-order valence-corrected chi connectivity index (χ3v) is 3.13. The molecule has 0 spiro atoms. The highest BCUT2D eigenvalue weighted by atomic mass is 35.5. The Kier molecular flexibility index (Phi) is 5.45. The van der Waals surface area contributed by atoms with Crippen molar-refractivity contribution in [1.29, 1.82) is 0 Å². The Morgan fingerprint density at radius 1 is 1.62 bits per heavy atom. The van der Waals surface area contributed by atoms with E-state index in [0.717, 1.165) is 10.6 Å². The predicted octanol–water partition coefficient (Wildman–Crippen LogP) is 2.17. The number of nitrogens with zero attached hydrogens (tertiary/aromatic N) is 1. The zero-order valence-corrected chi connectivity index (χ0v) is 10.4. The molecule has 0 heterocycles. The van der Waals surface area contributed by atoms with Gasteiger partial charge in [-0.1, -0.05) is 16.8 Å². The van der Waals surface area contributed by atoms with E-state index in [4.69, 9.17) is 27.3 Å². The lowest BCUT2D eigenvalue weighted by Gasteiger charge is -2.08. The number of hydrogen-bond acceptors (Lipinski definition) is 4. The fourth-order valence-electron chi connectivity index (χ4n) is 1.12. The maximum Gasteiger partial charge on any atom is 0.171 e. The third-order valence-electron chi connectivity index (χ3n) is 1.87. The molecule has 0 amide bonds. The molecule has 88 valence electrons. The summed E-state index contributed by atoms with van der Waals surface area (Å²) in [6.07, 6.45) is 0. The first kappa shape index (κ1) is 13.2. The quantitative estimate of drug-likeness (QED) is 0.213. The van der Waals surface area contributed by atoms with E-state index in [1.165, 1.54) is 0 Å². The second kappa shape index (κ2) is 6.62. The van der Waals surface area contributed by atoms with Crippen LogP contribution >= 0.6 is 23.4 Å². The highest BCUT2D eigenvalue weighted by Gasteiger charge is 2.08. The molecular weight excluding hydrogens is 248 g/mol. The summed E-state index contributed by atoms with van der Waals surface area (Å²) in [6.45, 7) is 0.632. The van der Waals surface area contributed by atoms with Crippen molar-refractivity contribution < 1.29 is 9.94 Å². The number of halogens is 1. The number of methoxy groups -OCH3 is 1. The van der Waals surface area contributed by atoms with Gasteiger partial charge in [0.2, 0.25) is 0 Å². The van der Waals surface area contributed by atoms with Crippen LogP contribution in [-0.2, 0) is 4.74 Å². The molecule has 0 aliphatic carbocycles. The molecule has 0 saturated carbocycles. The summed E-state index contributed by atoms with van der Waals surface area (Å²) in [5.41, 5.74) is 6.24. The van der Waals surface area contributed by atoms with Crippen molar-refractivity contribution in [2.45, 2.75) is 4.90 Å². The minimum absolute atomic E-state index is 0.0802. The molecule has 0 aromatic heterocycles. The average Bonchev–Trinajstić information content (AvgIpc) is 2.29. The third kappa shape index (κ3) is 3.59. The lowest BCUT2D eigenvalue weighted by atomic mass is 10.2. The zero-order chi connectivity index (χ0) is 12.0. The van der Waals surface area contributed by atoms with Crippen LogP contribution in [0, 0.1) is 0 Å². The van der Waals surface area contributed by atoms with Crippen molar-refractivity contribution in [2.24, 2.45) is 10.9 Å². The summed E-state index contributed by atoms with van der Waals surface area (Å²) in [6, 6.07) is 5.22. The molecule has 0 fully saturated rings. The van der Waals surface area contributed by atoms with Crippen LogP contribution in [0.15, 0.2) is 28.3 Å². The molecule has 0 radical (unpaired) electrons. The Labute approximate surface area is 103 Å². The van der Waals surface area contributed by atoms with Crippen molar-refractivity contribution in [1.82, 2.24) is 0 Å². The van der Waals surface area contributed by atoms with Gasteiger partial charge in [-0.15, -0.1) is 11.8 Å². The molecule has 0 saturated heterocycles. The van der Waals surface area contributed by atoms with E-state index in [1.807, 2.05) is 0 Å². The standard InChI is InChI=1S/C10H13ClN2O2S/c1-15-4-5-16-9-6-7(11)2-3-8(9)10(12)13-14/h2-3,6,14H,4-5H2,1H3,(H2,12,13). The summed E-state index contributed by atoms with van der Waals surface area (Å²) >= 11 is 7.44. The van der Waals surface area contributed by atoms with Gasteiger partial charge in [0.1, 0.15) is 0 Å². The highest BCUT2D eigenvalue weighted by Crippen LogP contribution is 2.26. The van der Waals surface area contributed by atoms with Crippen molar-refractivity contribution in [3.8, 4) is 0 Å². The van der Waals surface area contributed by atoms with Gasteiger partial charge in [-0.3, -0.25) is 0 Å². The number of thioether (sulfide) groups is 1. The van der Waals surface area contributed by atoms with Gasteiger partial charge < -0.3 is 15.7 Å². The largest absolute Gasteiger partial charge is 0.409 e. The predicted molar refractivity (Wildman–Crippen MR) is 66.6 cm³/mol. The SMILES string of the molecule is COCCSc1cc(Cl)ccc1C(N)=NO. The Balaban J connectivity index is 2.90. The van der Waals surface area contributed by atoms with Gasteiger partial charge in [0.15, 0.2) is 5.84 Å². The van der Waals surface area contributed by atoms with Crippen LogP contribution in [0.5, 0.6) is 0 Å². The van der Waals surface area contributed by atoms with Gasteiger partial charge in [0, 0.05) is 28.3 Å². The molecule has 0 aliphatic heterocycles. The summed E-state index contributed by atoms with van der Waals surface area (Å²) in [5, 5.41) is 12.3. The van der Waals surface area contributed by atoms with Crippen LogP contribution in [0.2, 0.25) is 5.02 Å². The molecule has 4 nitrogen and oxygen atoms in total. The summed E-state index contributed by atoms with van der Waals surface area (Å²) in [4.78, 5) is 0.875. The van der Waals surface area contributed by atoms with Crippen LogP contribution in [-0.4, -0.2) is 30.5 Å². The number of hydrogen-bond donors (Lipinski definition) is 2. The van der Waals surface area contributed by atoms with Crippen LogP contribution in [0.1, 0.15) is 5.56 Å². The minimum atomic E-state index is 0.0802. The molecule has 1 rings (SSSR count). The number of nitrogens with two attached hydrogens (primary N) is 1. The fraction of sp³-hybridized carbons (Fsp3) is 0.300. The van der Waals surface area contributed by atoms with Gasteiger partial charge in [0.25, 0.3) is 0 Å². The smallest absolute Gasteiger partial charge is 0.171 e. The molecule has 16 heavy (non-hydrogen) atoms. The molecule has 0 unspecified atom stereocenters. The van der Waals surface area contributed by atoms with Crippen molar-refractivity contribution in [2.75, 3.05) is 19.5 Å². The molecule has 1 aromatic carbocycles. The van der Waals surface area contributed by atoms with Crippen molar-refractivity contribution >= 4 is 29.2 Å². The number of amidine groups is 1. The Hall–Kier alpha value is -0.910. The first-order chi connectivity index (χ1) is 7.69. The second-order valence-corrected chi connectivity index (χ2v) is 4.54. The number of oxime groups is 1. The normalized spacial score (nSPS) is 11.8. The number of benzene rings is 1. The zero-order valence-electron chi connectivity index (χ0n) is 8.81. The van der Waals surface area contributed by atoms with E-state index >= 15 is 0 Å². The summed E-state index contributed by atoms with van der Waals surface area (Å²) in [5.74, 6) is 0.860. The Bertz CT molecular complexity index is 385. The fourth-order valence-corrected chi connectivity index (χ4v) is 2.36. The van der Waals surface area contributed by atoms with E-state index in [1.54, 1.807) is 37.1 Å². The molecule has 3 N–H and O–H groups in total. The number of ether oxygens (including phenoxy) is 1. The van der Waals surface area contributed by atoms with E-state index in [2.05, 4.69) is 5.16 Å². The molecule has 0 bridgehead atoms. The van der Waals surface area contributed by atoms with Gasteiger partial charge in [-0.2, -0.15) is 0 Å². The van der Waals surface area contributed by atoms with Crippen LogP contribution < -0.4 is 5.73 Å². The van der Waals surface area contributed by atoms with Crippen LogP contribution in [0.25, 0.3) is 0 Å². The summed E-state index contributed by atoms with van der Waals surface area (Å²) < 4.78 is 4.96. The van der Waals surface area contributed by atoms with E-state index in [0.29, 0.717) is 17.2 Å². The Morgan fingerprint density at radius 3 is 3.00 bits per heavy atom. The van der Waals surface area contributed by atoms with Gasteiger partial charge in [-0.05, 0) is 18.2 Å². The van der Waals surface area contributed by atoms with Gasteiger partial charge in [-0.25, -0.2) is 0 Å². The second-order valence-electron chi connectivity index (χ2n) is 2.97. The monoisotopic (exact) mass is 260 g/mol. The van der Waals surface area contributed by atoms with E-state index in [9.17, 15) is 0 Å². The maximum absolute atomic E-state index is 8.65. The maximum atomic E-state index is 8.65. The molecule has 0 aliphatic rings. The van der Waals surface area contributed by atoms with E-state index < -0.39 is 0 Å². The van der Waals surface area contributed by atoms with Gasteiger partial charge in [0.05, 0.1) is 6.61 Å². The molecule has 0 atom stereocenters. The summed E-state index contributed by atoms with van der Waals surface area (Å²) in [7, 11) is 1.64. The first-order valence-corrected chi connectivity index (χ1v) is 5.94. The average molecular weight is 261 g/mol. The Morgan fingerprint density at radius 2 is 2.38 bits per heavy atom. The van der Waals surface area contributed by atoms with Gasteiger partial charge >= 0.3 is 0 Å². The first-order valence-electron chi connectivity index (χ1n) is 4.58. The van der Waals surface area contributed by atoms with Crippen molar-refractivity contribution in [3.05, 3.63) is 28.8 Å². The topological polar surface area (TPSA) is 67.8 Å². The molecule has 6 heteroatoms. The molecular formula is C10H13ClN2O2S. The highest BCUT2D eigenvalue weighted by molar-refractivity contribution is 7.99. The van der Waals surface area contributed by atoms with E-state index in [-0.39, 0.29) is 5.84 Å².